The van der Waals surface area contributed by atoms with E-state index < -0.39 is 15.8 Å². The summed E-state index contributed by atoms with van der Waals surface area (Å²) in [6.07, 6.45) is 12.4. The normalized spacial score (nSPS) is 13.6. The Hall–Kier alpha value is 0.460. The number of rotatable bonds is 14. The molecule has 0 atom stereocenters. The first-order chi connectivity index (χ1) is 9.77. The van der Waals surface area contributed by atoms with Gasteiger partial charge in [-0.2, -0.15) is 0 Å². The molecule has 0 aliphatic rings. The standard InChI is InChI=1S/C13H32O6P2/c1-2-3-4-5-6-7-8-9-10-11-12-13-20(14,15)19-21(16,17)18/h14-15,20H,2-13H2,1H3,(H2,16,17,18). The molecule has 0 aromatic heterocycles. The molecule has 4 N–H and O–H groups in total. The molecule has 0 rings (SSSR count). The number of hydrogen-bond acceptors (Lipinski definition) is 4. The van der Waals surface area contributed by atoms with Crippen LogP contribution in [-0.2, 0) is 8.88 Å². The van der Waals surface area contributed by atoms with E-state index >= 15 is 0 Å². The number of phosphoric acid groups is 1. The quantitative estimate of drug-likeness (QED) is 0.281. The molecule has 0 saturated heterocycles. The van der Waals surface area contributed by atoms with Crippen molar-refractivity contribution in [2.75, 3.05) is 6.16 Å². The third kappa shape index (κ3) is 16.7. The molecule has 0 aliphatic carbocycles. The summed E-state index contributed by atoms with van der Waals surface area (Å²) in [5.74, 6) is 0. The van der Waals surface area contributed by atoms with Gasteiger partial charge in [-0.3, -0.25) is 0 Å². The Bertz CT molecular complexity index is 292. The van der Waals surface area contributed by atoms with Gasteiger partial charge < -0.3 is 0 Å². The van der Waals surface area contributed by atoms with Gasteiger partial charge in [-0.25, -0.2) is 0 Å². The molecular weight excluding hydrogens is 314 g/mol. The Morgan fingerprint density at radius 3 is 1.57 bits per heavy atom. The second-order valence-electron chi connectivity index (χ2n) is 5.61. The SMILES string of the molecule is CCCCCCCCCCCCC[PH](O)(O)OP(=O)(O)O. The summed E-state index contributed by atoms with van der Waals surface area (Å²) in [7, 11) is -9.00. The minimum atomic E-state index is -4.81. The monoisotopic (exact) mass is 346 g/mol. The molecule has 0 aliphatic heterocycles. The van der Waals surface area contributed by atoms with Gasteiger partial charge in [0.15, 0.2) is 0 Å². The van der Waals surface area contributed by atoms with Gasteiger partial charge in [0.25, 0.3) is 0 Å². The molecule has 0 aromatic carbocycles. The van der Waals surface area contributed by atoms with Crippen molar-refractivity contribution in [2.24, 2.45) is 0 Å². The van der Waals surface area contributed by atoms with Gasteiger partial charge in [0, 0.05) is 0 Å². The van der Waals surface area contributed by atoms with Gasteiger partial charge >= 0.3 is 121 Å². The summed E-state index contributed by atoms with van der Waals surface area (Å²) < 4.78 is 14.6. The topological polar surface area (TPSA) is 107 Å². The van der Waals surface area contributed by atoms with Gasteiger partial charge in [-0.1, -0.05) is 6.92 Å². The Morgan fingerprint density at radius 1 is 0.810 bits per heavy atom. The molecule has 0 aromatic rings. The van der Waals surface area contributed by atoms with E-state index in [0.29, 0.717) is 6.42 Å². The first-order valence-corrected chi connectivity index (χ1v) is 11.5. The van der Waals surface area contributed by atoms with E-state index in [1.807, 2.05) is 0 Å². The molecule has 6 nitrogen and oxygen atoms in total. The van der Waals surface area contributed by atoms with Gasteiger partial charge in [0.1, 0.15) is 0 Å². The Labute approximate surface area is 128 Å². The van der Waals surface area contributed by atoms with Crippen LogP contribution in [0.2, 0.25) is 0 Å². The molecule has 0 bridgehead atoms. The van der Waals surface area contributed by atoms with Gasteiger partial charge in [0.05, 0.1) is 0 Å². The van der Waals surface area contributed by atoms with Gasteiger partial charge in [0.2, 0.25) is 0 Å². The second-order valence-corrected chi connectivity index (χ2v) is 9.31. The molecule has 21 heavy (non-hydrogen) atoms. The Balaban J connectivity index is 3.38. The minimum absolute atomic E-state index is 0.0604. The van der Waals surface area contributed by atoms with Crippen LogP contribution in [0.25, 0.3) is 0 Å². The molecular formula is C13H32O6P2. The average Bonchev–Trinajstić information content (AvgIpc) is 2.33. The van der Waals surface area contributed by atoms with Crippen LogP contribution < -0.4 is 0 Å². The van der Waals surface area contributed by atoms with Crippen LogP contribution in [0.5, 0.6) is 0 Å². The molecule has 0 radical (unpaired) electrons. The summed E-state index contributed by atoms with van der Waals surface area (Å²) in [6, 6.07) is 0. The van der Waals surface area contributed by atoms with E-state index in [1.165, 1.54) is 44.9 Å². The van der Waals surface area contributed by atoms with Crippen LogP contribution in [0.15, 0.2) is 0 Å². The van der Waals surface area contributed by atoms with Crippen LogP contribution in [0.1, 0.15) is 77.6 Å². The fraction of sp³-hybridized carbons (Fsp3) is 1.00. The average molecular weight is 346 g/mol. The van der Waals surface area contributed by atoms with Crippen LogP contribution >= 0.6 is 15.8 Å². The van der Waals surface area contributed by atoms with Crippen molar-refractivity contribution in [1.29, 1.82) is 0 Å². The summed E-state index contributed by atoms with van der Waals surface area (Å²) >= 11 is 0. The third-order valence-electron chi connectivity index (χ3n) is 3.37. The first-order valence-electron chi connectivity index (χ1n) is 7.98. The fourth-order valence-corrected chi connectivity index (χ4v) is 4.85. The van der Waals surface area contributed by atoms with Crippen LogP contribution in [0, 0.1) is 0 Å². The molecule has 0 fully saturated rings. The van der Waals surface area contributed by atoms with Gasteiger partial charge in [-0.15, -0.1) is 0 Å². The summed E-state index contributed by atoms with van der Waals surface area (Å²) in [4.78, 5) is 35.8. The van der Waals surface area contributed by atoms with Crippen molar-refractivity contribution in [2.45, 2.75) is 77.6 Å². The Kier molecular flexibility index (Phi) is 12.2. The summed E-state index contributed by atoms with van der Waals surface area (Å²) in [5, 5.41) is 0. The Morgan fingerprint density at radius 2 is 1.19 bits per heavy atom. The van der Waals surface area contributed by atoms with E-state index in [4.69, 9.17) is 9.79 Å². The molecule has 0 heterocycles. The van der Waals surface area contributed by atoms with Crippen molar-refractivity contribution >= 4 is 15.8 Å². The van der Waals surface area contributed by atoms with E-state index in [-0.39, 0.29) is 6.16 Å². The molecule has 0 saturated carbocycles. The summed E-state index contributed by atoms with van der Waals surface area (Å²) in [5.41, 5.74) is 0. The van der Waals surface area contributed by atoms with Crippen molar-refractivity contribution in [3.05, 3.63) is 0 Å². The molecule has 8 heteroatoms. The fourth-order valence-electron chi connectivity index (χ4n) is 2.26. The molecule has 130 valence electrons. The second kappa shape index (κ2) is 12.0. The summed E-state index contributed by atoms with van der Waals surface area (Å²) in [6.45, 7) is 2.21. The molecule has 0 unspecified atom stereocenters. The van der Waals surface area contributed by atoms with Crippen molar-refractivity contribution in [3.63, 3.8) is 0 Å². The zero-order valence-electron chi connectivity index (χ0n) is 13.0. The maximum atomic E-state index is 10.5. The zero-order chi connectivity index (χ0) is 16.2. The van der Waals surface area contributed by atoms with Crippen molar-refractivity contribution < 1.29 is 28.4 Å². The number of unbranched alkanes of at least 4 members (excludes halogenated alkanes) is 10. The van der Waals surface area contributed by atoms with Crippen LogP contribution in [0.4, 0.5) is 0 Å². The number of hydrogen-bond donors (Lipinski definition) is 4. The van der Waals surface area contributed by atoms with E-state index in [2.05, 4.69) is 11.2 Å². The van der Waals surface area contributed by atoms with Crippen molar-refractivity contribution in [3.8, 4) is 0 Å². The van der Waals surface area contributed by atoms with Gasteiger partial charge in [-0.05, 0) is 0 Å². The van der Waals surface area contributed by atoms with Crippen LogP contribution in [-0.4, -0.2) is 25.7 Å². The molecule has 0 amide bonds. The van der Waals surface area contributed by atoms with Crippen molar-refractivity contribution in [1.82, 2.24) is 0 Å². The predicted molar refractivity (Wildman–Crippen MR) is 87.2 cm³/mol. The van der Waals surface area contributed by atoms with E-state index in [9.17, 15) is 14.4 Å². The maximum absolute atomic E-state index is 10.5. The predicted octanol–water partition coefficient (Wildman–Crippen LogP) is 3.89. The first kappa shape index (κ1) is 21.5. The zero-order valence-corrected chi connectivity index (χ0v) is 14.9. The van der Waals surface area contributed by atoms with E-state index in [1.54, 1.807) is 0 Å². The van der Waals surface area contributed by atoms with E-state index in [0.717, 1.165) is 19.3 Å². The third-order valence-corrected chi connectivity index (χ3v) is 6.50. The van der Waals surface area contributed by atoms with Crippen LogP contribution in [0.3, 0.4) is 0 Å². The molecule has 0 spiro atoms.